The van der Waals surface area contributed by atoms with Crippen molar-refractivity contribution in [3.63, 3.8) is 0 Å². The maximum absolute atomic E-state index is 14.1. The van der Waals surface area contributed by atoms with Gasteiger partial charge in [-0.15, -0.1) is 0 Å². The SMILES string of the molecule is CN(Cc1nn(CC2CCCCC2)c(OCc2cc(F)ccc2F)c1Cl)C(=O)OC(C)(C)C. The van der Waals surface area contributed by atoms with E-state index in [4.69, 9.17) is 21.1 Å². The van der Waals surface area contributed by atoms with Gasteiger partial charge in [0.1, 0.15) is 34.6 Å². The van der Waals surface area contributed by atoms with Gasteiger partial charge in [-0.1, -0.05) is 30.9 Å². The van der Waals surface area contributed by atoms with Gasteiger partial charge in [-0.05, 0) is 57.7 Å². The van der Waals surface area contributed by atoms with Crippen molar-refractivity contribution >= 4 is 17.7 Å². The second kappa shape index (κ2) is 10.7. The summed E-state index contributed by atoms with van der Waals surface area (Å²) in [6.07, 6.45) is 5.23. The average molecular weight is 484 g/mol. The van der Waals surface area contributed by atoms with E-state index in [1.807, 2.05) is 0 Å². The topological polar surface area (TPSA) is 56.6 Å². The van der Waals surface area contributed by atoms with Crippen LogP contribution in [0.2, 0.25) is 5.02 Å². The second-order valence-electron chi connectivity index (χ2n) is 9.61. The van der Waals surface area contributed by atoms with E-state index in [0.717, 1.165) is 31.0 Å². The number of benzene rings is 1. The summed E-state index contributed by atoms with van der Waals surface area (Å²) in [5.41, 5.74) is -0.0850. The van der Waals surface area contributed by atoms with Gasteiger partial charge < -0.3 is 14.4 Å². The number of aromatic nitrogens is 2. The van der Waals surface area contributed by atoms with Crippen molar-refractivity contribution in [3.05, 3.63) is 46.1 Å². The van der Waals surface area contributed by atoms with Crippen LogP contribution in [-0.4, -0.2) is 33.4 Å². The number of carbonyl (C=O) groups is 1. The lowest BCUT2D eigenvalue weighted by Crippen LogP contribution is -2.34. The van der Waals surface area contributed by atoms with Crippen LogP contribution in [0.15, 0.2) is 18.2 Å². The number of amides is 1. The molecule has 0 radical (unpaired) electrons. The van der Waals surface area contributed by atoms with E-state index in [0.29, 0.717) is 24.0 Å². The molecule has 2 aromatic rings. The molecule has 0 spiro atoms. The molecule has 1 aliphatic carbocycles. The zero-order valence-electron chi connectivity index (χ0n) is 19.7. The van der Waals surface area contributed by atoms with Crippen LogP contribution in [-0.2, 0) is 24.4 Å². The van der Waals surface area contributed by atoms with Crippen molar-refractivity contribution in [2.45, 2.75) is 78.2 Å². The van der Waals surface area contributed by atoms with Gasteiger partial charge in [0, 0.05) is 19.2 Å². The molecule has 1 aliphatic rings. The van der Waals surface area contributed by atoms with Gasteiger partial charge in [-0.25, -0.2) is 18.3 Å². The molecular weight excluding hydrogens is 452 g/mol. The number of nitrogens with zero attached hydrogens (tertiary/aromatic N) is 3. The van der Waals surface area contributed by atoms with E-state index in [-0.39, 0.29) is 23.7 Å². The zero-order chi connectivity index (χ0) is 24.2. The fourth-order valence-electron chi connectivity index (χ4n) is 3.88. The fourth-order valence-corrected chi connectivity index (χ4v) is 4.13. The lowest BCUT2D eigenvalue weighted by atomic mass is 9.89. The molecule has 0 aliphatic heterocycles. The molecule has 1 heterocycles. The van der Waals surface area contributed by atoms with Gasteiger partial charge in [0.2, 0.25) is 5.88 Å². The standard InChI is InChI=1S/C24H32ClF2N3O3/c1-24(2,3)33-23(31)29(4)14-20-21(25)22(30(28-20)13-16-8-6-5-7-9-16)32-15-17-12-18(26)10-11-19(17)27/h10-12,16H,5-9,13-15H2,1-4H3. The van der Waals surface area contributed by atoms with Crippen LogP contribution in [0.4, 0.5) is 13.6 Å². The molecule has 33 heavy (non-hydrogen) atoms. The molecule has 182 valence electrons. The van der Waals surface area contributed by atoms with Crippen LogP contribution < -0.4 is 4.74 Å². The summed E-state index contributed by atoms with van der Waals surface area (Å²) in [5.74, 6) is -0.384. The summed E-state index contributed by atoms with van der Waals surface area (Å²) in [5, 5.41) is 4.87. The minimum absolute atomic E-state index is 0.0870. The van der Waals surface area contributed by atoms with E-state index in [1.54, 1.807) is 32.5 Å². The number of rotatable bonds is 7. The Morgan fingerprint density at radius 2 is 1.94 bits per heavy atom. The summed E-state index contributed by atoms with van der Waals surface area (Å²) < 4.78 is 40.6. The third kappa shape index (κ3) is 7.06. The van der Waals surface area contributed by atoms with Crippen LogP contribution in [0.3, 0.4) is 0 Å². The third-order valence-corrected chi connectivity index (χ3v) is 5.92. The predicted octanol–water partition coefficient (Wildman–Crippen LogP) is 6.34. The first kappa shape index (κ1) is 25.3. The van der Waals surface area contributed by atoms with Gasteiger partial charge in [0.05, 0.1) is 6.54 Å². The summed E-state index contributed by atoms with van der Waals surface area (Å²) in [7, 11) is 1.60. The largest absolute Gasteiger partial charge is 0.472 e. The highest BCUT2D eigenvalue weighted by Gasteiger charge is 2.26. The third-order valence-electron chi connectivity index (χ3n) is 5.54. The van der Waals surface area contributed by atoms with Crippen molar-refractivity contribution < 1.29 is 23.0 Å². The Morgan fingerprint density at radius 3 is 2.61 bits per heavy atom. The molecule has 0 atom stereocenters. The van der Waals surface area contributed by atoms with Crippen molar-refractivity contribution in [2.75, 3.05) is 7.05 Å². The van der Waals surface area contributed by atoms with Gasteiger partial charge in [0.15, 0.2) is 0 Å². The Kier molecular flexibility index (Phi) is 8.21. The zero-order valence-corrected chi connectivity index (χ0v) is 20.4. The lowest BCUT2D eigenvalue weighted by molar-refractivity contribution is 0.0283. The van der Waals surface area contributed by atoms with Gasteiger partial charge in [-0.3, -0.25) is 0 Å². The van der Waals surface area contributed by atoms with E-state index in [2.05, 4.69) is 5.10 Å². The van der Waals surface area contributed by atoms with E-state index >= 15 is 0 Å². The van der Waals surface area contributed by atoms with E-state index in [9.17, 15) is 13.6 Å². The first-order chi connectivity index (χ1) is 15.5. The van der Waals surface area contributed by atoms with Crippen LogP contribution >= 0.6 is 11.6 Å². The Bertz CT molecular complexity index is 969. The smallest absolute Gasteiger partial charge is 0.410 e. The minimum atomic E-state index is -0.626. The first-order valence-corrected chi connectivity index (χ1v) is 11.7. The highest BCUT2D eigenvalue weighted by Crippen LogP contribution is 2.33. The number of halogens is 3. The quantitative estimate of drug-likeness (QED) is 0.461. The molecule has 0 saturated heterocycles. The average Bonchev–Trinajstić information content (AvgIpc) is 3.02. The number of hydrogen-bond acceptors (Lipinski definition) is 4. The molecule has 1 aromatic heterocycles. The highest BCUT2D eigenvalue weighted by molar-refractivity contribution is 6.32. The summed E-state index contributed by atoms with van der Waals surface area (Å²) in [6, 6.07) is 3.22. The maximum atomic E-state index is 14.1. The molecule has 9 heteroatoms. The number of hydrogen-bond donors (Lipinski definition) is 0. The van der Waals surface area contributed by atoms with Gasteiger partial charge in [-0.2, -0.15) is 5.10 Å². The summed E-state index contributed by atoms with van der Waals surface area (Å²) in [4.78, 5) is 13.8. The van der Waals surface area contributed by atoms with Crippen molar-refractivity contribution in [1.82, 2.24) is 14.7 Å². The van der Waals surface area contributed by atoms with Crippen LogP contribution in [0, 0.1) is 17.6 Å². The number of ether oxygens (including phenoxy) is 2. The molecule has 3 rings (SSSR count). The molecule has 1 aromatic carbocycles. The lowest BCUT2D eigenvalue weighted by Gasteiger charge is -2.24. The Balaban J connectivity index is 1.81. The van der Waals surface area contributed by atoms with Gasteiger partial charge in [0.25, 0.3) is 0 Å². The van der Waals surface area contributed by atoms with E-state index < -0.39 is 23.3 Å². The molecular formula is C24H32ClF2N3O3. The molecule has 6 nitrogen and oxygen atoms in total. The molecule has 1 amide bonds. The van der Waals surface area contributed by atoms with Crippen molar-refractivity contribution in [2.24, 2.45) is 5.92 Å². The first-order valence-electron chi connectivity index (χ1n) is 11.3. The molecule has 0 unspecified atom stereocenters. The monoisotopic (exact) mass is 483 g/mol. The second-order valence-corrected chi connectivity index (χ2v) is 9.99. The number of carbonyl (C=O) groups excluding carboxylic acids is 1. The van der Waals surface area contributed by atoms with Crippen LogP contribution in [0.1, 0.15) is 64.1 Å². The Labute approximate surface area is 198 Å². The molecule has 0 N–H and O–H groups in total. The summed E-state index contributed by atoms with van der Waals surface area (Å²) >= 11 is 6.61. The molecule has 1 fully saturated rings. The highest BCUT2D eigenvalue weighted by atomic mass is 35.5. The minimum Gasteiger partial charge on any atom is -0.472 e. The Morgan fingerprint density at radius 1 is 1.24 bits per heavy atom. The maximum Gasteiger partial charge on any atom is 0.410 e. The van der Waals surface area contributed by atoms with Crippen LogP contribution in [0.5, 0.6) is 5.88 Å². The predicted molar refractivity (Wildman–Crippen MR) is 122 cm³/mol. The fraction of sp³-hybridized carbons (Fsp3) is 0.583. The van der Waals surface area contributed by atoms with Crippen molar-refractivity contribution in [1.29, 1.82) is 0 Å². The van der Waals surface area contributed by atoms with Crippen molar-refractivity contribution in [3.8, 4) is 5.88 Å². The van der Waals surface area contributed by atoms with Gasteiger partial charge >= 0.3 is 6.09 Å². The normalized spacial score (nSPS) is 14.9. The van der Waals surface area contributed by atoms with E-state index in [1.165, 1.54) is 24.2 Å². The summed E-state index contributed by atoms with van der Waals surface area (Å²) in [6.45, 7) is 5.92. The molecule has 0 bridgehead atoms. The van der Waals surface area contributed by atoms with Crippen LogP contribution in [0.25, 0.3) is 0 Å². The Hall–Kier alpha value is -2.35. The molecule has 1 saturated carbocycles.